The number of aryl methyl sites for hydroxylation is 2. The first-order valence-corrected chi connectivity index (χ1v) is 7.83. The van der Waals surface area contributed by atoms with Crippen LogP contribution in [-0.2, 0) is 6.42 Å². The van der Waals surface area contributed by atoms with Gasteiger partial charge in [-0.2, -0.15) is 0 Å². The van der Waals surface area contributed by atoms with Gasteiger partial charge >= 0.3 is 0 Å². The predicted octanol–water partition coefficient (Wildman–Crippen LogP) is 2.88. The summed E-state index contributed by atoms with van der Waals surface area (Å²) in [6.07, 6.45) is 0.291. The van der Waals surface area contributed by atoms with E-state index in [-0.39, 0.29) is 5.75 Å². The molecule has 23 heavy (non-hydrogen) atoms. The lowest BCUT2D eigenvalue weighted by Gasteiger charge is -2.14. The van der Waals surface area contributed by atoms with Crippen molar-refractivity contribution in [3.8, 4) is 11.5 Å². The first kappa shape index (κ1) is 17.3. The maximum Gasteiger partial charge on any atom is 0.160 e. The molecule has 3 N–H and O–H groups in total. The van der Waals surface area contributed by atoms with E-state index >= 15 is 0 Å². The van der Waals surface area contributed by atoms with Gasteiger partial charge in [-0.05, 0) is 61.2 Å². The number of benzene rings is 2. The number of phenolic OH excluding ortho intramolecular Hbond substituents is 1. The molecule has 0 bridgehead atoms. The van der Waals surface area contributed by atoms with Gasteiger partial charge in [-0.1, -0.05) is 24.3 Å². The zero-order chi connectivity index (χ0) is 16.8. The minimum Gasteiger partial charge on any atom is -0.504 e. The molecule has 2 rings (SSSR count). The molecule has 124 valence electrons. The van der Waals surface area contributed by atoms with Crippen LogP contribution in [0.2, 0.25) is 0 Å². The minimum atomic E-state index is -0.511. The fraction of sp³-hybridized carbons (Fsp3) is 0.368. The second-order valence-electron chi connectivity index (χ2n) is 5.82. The number of aliphatic hydroxyl groups excluding tert-OH is 1. The van der Waals surface area contributed by atoms with Crippen LogP contribution in [-0.4, -0.2) is 30.4 Å². The van der Waals surface area contributed by atoms with E-state index in [1.165, 1.54) is 18.2 Å². The van der Waals surface area contributed by atoms with Gasteiger partial charge in [0, 0.05) is 6.54 Å². The van der Waals surface area contributed by atoms with Crippen molar-refractivity contribution in [2.24, 2.45) is 0 Å². The monoisotopic (exact) mass is 315 g/mol. The summed E-state index contributed by atoms with van der Waals surface area (Å²) in [6, 6.07) is 11.4. The molecule has 0 saturated heterocycles. The molecule has 2 aromatic carbocycles. The first-order valence-electron chi connectivity index (χ1n) is 7.83. The number of aliphatic hydroxyl groups is 1. The summed E-state index contributed by atoms with van der Waals surface area (Å²) < 4.78 is 5.10. The zero-order valence-corrected chi connectivity index (χ0v) is 14.0. The van der Waals surface area contributed by atoms with E-state index in [2.05, 4.69) is 19.2 Å². The van der Waals surface area contributed by atoms with Crippen LogP contribution in [0.25, 0.3) is 0 Å². The summed E-state index contributed by atoms with van der Waals surface area (Å²) >= 11 is 0. The Morgan fingerprint density at radius 2 is 1.87 bits per heavy atom. The van der Waals surface area contributed by atoms with Crippen LogP contribution in [0.5, 0.6) is 11.5 Å². The summed E-state index contributed by atoms with van der Waals surface area (Å²) in [5.74, 6) is 0.632. The van der Waals surface area contributed by atoms with Gasteiger partial charge in [0.2, 0.25) is 0 Å². The minimum absolute atomic E-state index is 0.148. The number of aromatic hydroxyl groups is 1. The standard InChI is InChI=1S/C19H25NO3/c1-13-4-6-16(10-14(13)2)18(22)12-20-9-8-15-5-7-17(21)19(11-15)23-3/h4-7,10-11,18,20-22H,8-9,12H2,1-3H3. The molecule has 0 aliphatic heterocycles. The predicted molar refractivity (Wildman–Crippen MR) is 92.1 cm³/mol. The average molecular weight is 315 g/mol. The Balaban J connectivity index is 1.81. The van der Waals surface area contributed by atoms with Crippen molar-refractivity contribution < 1.29 is 14.9 Å². The second kappa shape index (κ2) is 7.99. The normalized spacial score (nSPS) is 12.2. The highest BCUT2D eigenvalue weighted by atomic mass is 16.5. The lowest BCUT2D eigenvalue weighted by molar-refractivity contribution is 0.175. The van der Waals surface area contributed by atoms with Crippen LogP contribution >= 0.6 is 0 Å². The summed E-state index contributed by atoms with van der Waals surface area (Å²) in [4.78, 5) is 0. The van der Waals surface area contributed by atoms with E-state index in [9.17, 15) is 10.2 Å². The van der Waals surface area contributed by atoms with E-state index in [1.54, 1.807) is 6.07 Å². The van der Waals surface area contributed by atoms with Gasteiger partial charge in [0.05, 0.1) is 13.2 Å². The molecule has 4 heteroatoms. The van der Waals surface area contributed by atoms with Gasteiger partial charge in [-0.15, -0.1) is 0 Å². The fourth-order valence-corrected chi connectivity index (χ4v) is 2.44. The van der Waals surface area contributed by atoms with Crippen LogP contribution in [0.15, 0.2) is 36.4 Å². The van der Waals surface area contributed by atoms with Crippen LogP contribution < -0.4 is 10.1 Å². The highest BCUT2D eigenvalue weighted by Crippen LogP contribution is 2.26. The second-order valence-corrected chi connectivity index (χ2v) is 5.82. The topological polar surface area (TPSA) is 61.7 Å². The third-order valence-electron chi connectivity index (χ3n) is 4.09. The van der Waals surface area contributed by atoms with Gasteiger partial charge < -0.3 is 20.3 Å². The molecule has 0 aliphatic carbocycles. The molecule has 1 atom stereocenters. The molecule has 1 unspecified atom stereocenters. The highest BCUT2D eigenvalue weighted by Gasteiger charge is 2.08. The average Bonchev–Trinajstić information content (AvgIpc) is 2.55. The molecule has 0 aromatic heterocycles. The number of rotatable bonds is 7. The first-order chi connectivity index (χ1) is 11.0. The Morgan fingerprint density at radius 3 is 2.57 bits per heavy atom. The maximum absolute atomic E-state index is 10.2. The number of phenols is 1. The maximum atomic E-state index is 10.2. The van der Waals surface area contributed by atoms with Crippen LogP contribution in [0.3, 0.4) is 0 Å². The van der Waals surface area contributed by atoms with E-state index in [1.807, 2.05) is 30.3 Å². The molecule has 0 radical (unpaired) electrons. The largest absolute Gasteiger partial charge is 0.504 e. The number of hydrogen-bond acceptors (Lipinski definition) is 4. The highest BCUT2D eigenvalue weighted by molar-refractivity contribution is 5.41. The quantitative estimate of drug-likeness (QED) is 0.688. The smallest absolute Gasteiger partial charge is 0.160 e. The Hall–Kier alpha value is -2.04. The molecule has 0 amide bonds. The van der Waals surface area contributed by atoms with Crippen molar-refractivity contribution in [3.05, 3.63) is 58.7 Å². The number of hydrogen-bond donors (Lipinski definition) is 3. The van der Waals surface area contributed by atoms with Crippen molar-refractivity contribution >= 4 is 0 Å². The van der Waals surface area contributed by atoms with Gasteiger partial charge in [0.15, 0.2) is 11.5 Å². The van der Waals surface area contributed by atoms with Gasteiger partial charge in [0.1, 0.15) is 0 Å². The zero-order valence-electron chi connectivity index (χ0n) is 14.0. The molecular weight excluding hydrogens is 290 g/mol. The Labute approximate surface area is 137 Å². The van der Waals surface area contributed by atoms with Gasteiger partial charge in [-0.3, -0.25) is 0 Å². The molecule has 0 saturated carbocycles. The van der Waals surface area contributed by atoms with Crippen molar-refractivity contribution in [2.45, 2.75) is 26.4 Å². The Bertz CT molecular complexity index is 655. The van der Waals surface area contributed by atoms with Crippen LogP contribution in [0.4, 0.5) is 0 Å². The third-order valence-corrected chi connectivity index (χ3v) is 4.09. The lowest BCUT2D eigenvalue weighted by atomic mass is 10.0. The van der Waals surface area contributed by atoms with Gasteiger partial charge in [-0.25, -0.2) is 0 Å². The summed E-state index contributed by atoms with van der Waals surface area (Å²) in [5, 5.41) is 23.1. The van der Waals surface area contributed by atoms with E-state index in [4.69, 9.17) is 4.74 Å². The van der Waals surface area contributed by atoms with E-state index in [0.717, 1.165) is 24.1 Å². The molecular formula is C19H25NO3. The van der Waals surface area contributed by atoms with E-state index in [0.29, 0.717) is 12.3 Å². The molecule has 4 nitrogen and oxygen atoms in total. The molecule has 0 fully saturated rings. The SMILES string of the molecule is COc1cc(CCNCC(O)c2ccc(C)c(C)c2)ccc1O. The van der Waals surface area contributed by atoms with Crippen molar-refractivity contribution in [3.63, 3.8) is 0 Å². The Morgan fingerprint density at radius 1 is 1.09 bits per heavy atom. The summed E-state index contributed by atoms with van der Waals surface area (Å²) in [7, 11) is 1.54. The Kier molecular flexibility index (Phi) is 6.02. The van der Waals surface area contributed by atoms with Crippen molar-refractivity contribution in [2.75, 3.05) is 20.2 Å². The van der Waals surface area contributed by atoms with Crippen LogP contribution in [0.1, 0.15) is 28.4 Å². The molecule has 0 aliphatic rings. The lowest BCUT2D eigenvalue weighted by Crippen LogP contribution is -2.23. The van der Waals surface area contributed by atoms with E-state index < -0.39 is 6.10 Å². The van der Waals surface area contributed by atoms with Gasteiger partial charge in [0.25, 0.3) is 0 Å². The number of nitrogens with one attached hydrogen (secondary N) is 1. The molecule has 0 heterocycles. The molecule has 2 aromatic rings. The van der Waals surface area contributed by atoms with Crippen molar-refractivity contribution in [1.82, 2.24) is 5.32 Å². The summed E-state index contributed by atoms with van der Waals surface area (Å²) in [5.41, 5.74) is 4.44. The number of ether oxygens (including phenoxy) is 1. The third kappa shape index (κ3) is 4.71. The van der Waals surface area contributed by atoms with Crippen molar-refractivity contribution in [1.29, 1.82) is 0 Å². The fourth-order valence-electron chi connectivity index (χ4n) is 2.44. The van der Waals surface area contributed by atoms with Crippen LogP contribution in [0, 0.1) is 13.8 Å². The molecule has 0 spiro atoms. The number of methoxy groups -OCH3 is 1. The summed E-state index contributed by atoms with van der Waals surface area (Å²) in [6.45, 7) is 5.38.